The number of pyridine rings is 1. The maximum absolute atomic E-state index is 13.5. The lowest BCUT2D eigenvalue weighted by Crippen LogP contribution is -3.00. The number of aromatic nitrogens is 2. The summed E-state index contributed by atoms with van der Waals surface area (Å²) in [6, 6.07) is 14.6. The number of rotatable bonds is 16. The quantitative estimate of drug-likeness (QED) is 0.0907. The van der Waals surface area contributed by atoms with Crippen LogP contribution in [0.15, 0.2) is 58.4 Å². The zero-order valence-electron chi connectivity index (χ0n) is 29.7. The lowest BCUT2D eigenvalue weighted by atomic mass is 10.0. The highest BCUT2D eigenvalue weighted by molar-refractivity contribution is 8.08. The van der Waals surface area contributed by atoms with Crippen LogP contribution in [0.25, 0.3) is 11.1 Å². The SMILES string of the molecule is CCn1c(=O)/c(=C2\Sc3ccccc3N2C)s/c1=C\c1cccc[n+]1CCNC(=O)CCCCCNC(=O)CCCC[C@@H]1SC[C@@H]2NC(=O)N[C@@H]21.[Cl-]. The number of fused-ring (bicyclic) bond motifs is 2. The van der Waals surface area contributed by atoms with Gasteiger partial charge in [-0.05, 0) is 50.8 Å². The summed E-state index contributed by atoms with van der Waals surface area (Å²) in [5, 5.41) is 13.4. The minimum atomic E-state index is -0.0602. The smallest absolute Gasteiger partial charge is 0.315 e. The lowest BCUT2D eigenvalue weighted by molar-refractivity contribution is -0.696. The van der Waals surface area contributed by atoms with Crippen LogP contribution in [-0.2, 0) is 22.7 Å². The molecule has 3 aliphatic heterocycles. The average Bonchev–Trinajstić information content (AvgIpc) is 3.86. The fourth-order valence-corrected chi connectivity index (χ4v) is 10.8. The molecular weight excluding hydrogens is 738 g/mol. The molecule has 0 aliphatic carbocycles. The second-order valence-electron chi connectivity index (χ2n) is 13.1. The van der Waals surface area contributed by atoms with Crippen molar-refractivity contribution in [3.8, 4) is 0 Å². The number of hydrogen-bond acceptors (Lipinski definition) is 8. The normalized spacial score (nSPS) is 20.2. The highest BCUT2D eigenvalue weighted by Crippen LogP contribution is 2.45. The van der Waals surface area contributed by atoms with Crippen molar-refractivity contribution < 1.29 is 31.4 Å². The van der Waals surface area contributed by atoms with E-state index in [1.165, 1.54) is 11.3 Å². The molecule has 52 heavy (non-hydrogen) atoms. The van der Waals surface area contributed by atoms with Gasteiger partial charge in [-0.15, -0.1) is 11.3 Å². The third-order valence-electron chi connectivity index (χ3n) is 9.57. The molecule has 0 spiro atoms. The van der Waals surface area contributed by atoms with Crippen LogP contribution in [0.1, 0.15) is 64.0 Å². The Morgan fingerprint density at radius 2 is 1.71 bits per heavy atom. The van der Waals surface area contributed by atoms with Gasteiger partial charge in [0, 0.05) is 67.1 Å². The van der Waals surface area contributed by atoms with Crippen LogP contribution in [0.3, 0.4) is 0 Å². The molecule has 280 valence electrons. The Kier molecular flexibility index (Phi) is 14.6. The lowest BCUT2D eigenvalue weighted by Gasteiger charge is -2.16. The molecule has 6 rings (SSSR count). The van der Waals surface area contributed by atoms with E-state index in [1.54, 1.807) is 11.8 Å². The molecule has 1 aromatic carbocycles. The van der Waals surface area contributed by atoms with E-state index in [-0.39, 0.29) is 47.9 Å². The predicted octanol–water partition coefficient (Wildman–Crippen LogP) is -0.124. The van der Waals surface area contributed by atoms with Gasteiger partial charge in [0.2, 0.25) is 17.5 Å². The predicted molar refractivity (Wildman–Crippen MR) is 206 cm³/mol. The first kappa shape index (κ1) is 39.7. The van der Waals surface area contributed by atoms with E-state index in [2.05, 4.69) is 48.9 Å². The molecule has 11 nitrogen and oxygen atoms in total. The number of thioether (sulfide) groups is 2. The van der Waals surface area contributed by atoms with Gasteiger partial charge in [0.05, 0.1) is 24.3 Å². The molecule has 0 radical (unpaired) electrons. The molecule has 15 heteroatoms. The van der Waals surface area contributed by atoms with Gasteiger partial charge in [-0.2, -0.15) is 16.3 Å². The standard InChI is InChI=1S/C37H47N7O4S3.ClH/c1-3-44-32(51-34(35(44)47)36-42(2)27-14-6-7-15-28(27)50-36)23-25-13-10-12-21-43(25)22-20-39-31(46)17-5-4-11-19-38-30(45)18-9-8-16-29-33-26(24-49-29)40-37(48)41-33;/h6-7,10,12-15,21,23,26,29,33H,3-5,8-9,11,16-20,22,24H2,1-2H3,(H3-,38,39,40,41,45,46,48);1H/b36-34+;/t26-,29-,33-;/m0./s1. The minimum Gasteiger partial charge on any atom is -1.00 e. The first-order valence-electron chi connectivity index (χ1n) is 18.0. The monoisotopic (exact) mass is 785 g/mol. The zero-order valence-corrected chi connectivity index (χ0v) is 32.9. The zero-order chi connectivity index (χ0) is 35.7. The molecule has 3 atom stereocenters. The Morgan fingerprint density at radius 1 is 0.962 bits per heavy atom. The summed E-state index contributed by atoms with van der Waals surface area (Å²) in [6.45, 7) is 4.32. The summed E-state index contributed by atoms with van der Waals surface area (Å²) in [7, 11) is 2.01. The van der Waals surface area contributed by atoms with Crippen molar-refractivity contribution in [3.05, 3.63) is 73.9 Å². The second kappa shape index (κ2) is 19.0. The maximum Gasteiger partial charge on any atom is 0.315 e. The number of amides is 4. The third-order valence-corrected chi connectivity index (χ3v) is 13.6. The van der Waals surface area contributed by atoms with Gasteiger partial charge in [0.1, 0.15) is 14.2 Å². The summed E-state index contributed by atoms with van der Waals surface area (Å²) in [6.07, 6.45) is 10.4. The highest BCUT2D eigenvalue weighted by Gasteiger charge is 2.42. The first-order valence-corrected chi connectivity index (χ1v) is 20.7. The number of urea groups is 1. The Labute approximate surface area is 323 Å². The molecule has 5 heterocycles. The number of anilines is 1. The Morgan fingerprint density at radius 3 is 2.50 bits per heavy atom. The van der Waals surface area contributed by atoms with Crippen molar-refractivity contribution in [1.29, 1.82) is 0 Å². The van der Waals surface area contributed by atoms with Crippen LogP contribution in [0.2, 0.25) is 0 Å². The summed E-state index contributed by atoms with van der Waals surface area (Å²) < 4.78 is 5.57. The van der Waals surface area contributed by atoms with Crippen molar-refractivity contribution >= 4 is 69.5 Å². The van der Waals surface area contributed by atoms with Gasteiger partial charge in [-0.3, -0.25) is 19.0 Å². The van der Waals surface area contributed by atoms with E-state index in [9.17, 15) is 19.2 Å². The summed E-state index contributed by atoms with van der Waals surface area (Å²) >= 11 is 5.06. The van der Waals surface area contributed by atoms with Gasteiger partial charge in [-0.25, -0.2) is 4.79 Å². The van der Waals surface area contributed by atoms with Crippen LogP contribution >= 0.6 is 34.9 Å². The van der Waals surface area contributed by atoms with Gasteiger partial charge in [-0.1, -0.05) is 36.7 Å². The highest BCUT2D eigenvalue weighted by atomic mass is 35.5. The van der Waals surface area contributed by atoms with E-state index in [0.29, 0.717) is 44.3 Å². The van der Waals surface area contributed by atoms with Crippen LogP contribution in [0, 0.1) is 0 Å². The van der Waals surface area contributed by atoms with Crippen LogP contribution in [0.5, 0.6) is 0 Å². The fraction of sp³-hybridized carbons (Fsp3) is 0.486. The van der Waals surface area contributed by atoms with E-state index in [4.69, 9.17) is 0 Å². The molecule has 4 amide bonds. The van der Waals surface area contributed by atoms with E-state index < -0.39 is 0 Å². The number of thiazole rings is 1. The van der Waals surface area contributed by atoms with E-state index in [0.717, 1.165) is 74.8 Å². The summed E-state index contributed by atoms with van der Waals surface area (Å²) in [5.74, 6) is 1.07. The van der Waals surface area contributed by atoms with Gasteiger partial charge < -0.3 is 38.6 Å². The number of carbonyl (C=O) groups is 3. The number of nitrogens with one attached hydrogen (secondary N) is 4. The Bertz CT molecular complexity index is 1920. The topological polar surface area (TPSA) is 128 Å². The van der Waals surface area contributed by atoms with E-state index >= 15 is 0 Å². The van der Waals surface area contributed by atoms with Gasteiger partial charge in [0.15, 0.2) is 12.7 Å². The van der Waals surface area contributed by atoms with Crippen LogP contribution in [0.4, 0.5) is 10.5 Å². The molecule has 4 N–H and O–H groups in total. The molecular formula is C37H48ClN7O4S3. The van der Waals surface area contributed by atoms with Crippen molar-refractivity contribution in [3.63, 3.8) is 0 Å². The minimum absolute atomic E-state index is 0. The number of carbonyl (C=O) groups excluding carboxylic acids is 3. The summed E-state index contributed by atoms with van der Waals surface area (Å²) in [4.78, 5) is 53.1. The van der Waals surface area contributed by atoms with E-state index in [1.807, 2.05) is 66.8 Å². The molecule has 0 unspecified atom stereocenters. The first-order chi connectivity index (χ1) is 24.8. The third kappa shape index (κ3) is 9.74. The molecule has 3 aliphatic rings. The molecule has 2 saturated heterocycles. The van der Waals surface area contributed by atoms with Gasteiger partial charge in [0.25, 0.3) is 5.56 Å². The number of hydrogen-bond donors (Lipinski definition) is 4. The number of nitrogens with zero attached hydrogens (tertiary/aromatic N) is 3. The Hall–Kier alpha value is -3.46. The van der Waals surface area contributed by atoms with Crippen molar-refractivity contribution in [2.75, 3.05) is 30.8 Å². The van der Waals surface area contributed by atoms with Crippen molar-refractivity contribution in [2.24, 2.45) is 0 Å². The number of para-hydroxylation sites is 1. The van der Waals surface area contributed by atoms with Crippen molar-refractivity contribution in [1.82, 2.24) is 25.8 Å². The molecule has 2 aromatic heterocycles. The van der Waals surface area contributed by atoms with Gasteiger partial charge >= 0.3 is 6.03 Å². The van der Waals surface area contributed by atoms with Crippen molar-refractivity contribution in [2.45, 2.75) is 93.6 Å². The number of halogens is 1. The maximum atomic E-state index is 13.5. The fourth-order valence-electron chi connectivity index (χ4n) is 6.80. The van der Waals surface area contributed by atoms with Crippen LogP contribution < -0.4 is 57.9 Å². The number of benzene rings is 1. The number of unbranched alkanes of at least 4 members (excludes halogenated alkanes) is 3. The molecule has 2 fully saturated rings. The second-order valence-corrected chi connectivity index (χ2v) is 16.4. The molecule has 0 bridgehead atoms. The molecule has 0 saturated carbocycles. The molecule has 3 aromatic rings. The summed E-state index contributed by atoms with van der Waals surface area (Å²) in [5.41, 5.74) is 2.10. The Balaban J connectivity index is 0.00000523. The largest absolute Gasteiger partial charge is 1.00 e. The average molecular weight is 786 g/mol. The van der Waals surface area contributed by atoms with Crippen LogP contribution in [-0.4, -0.2) is 65.6 Å².